The molecule has 43 heavy (non-hydrogen) atoms. The number of nitrogens with one attached hydrogen (secondary N) is 1. The van der Waals surface area contributed by atoms with Crippen molar-refractivity contribution >= 4 is 39.3 Å². The Hall–Kier alpha value is -4.09. The van der Waals surface area contributed by atoms with Crippen LogP contribution in [-0.4, -0.2) is 83.6 Å². The van der Waals surface area contributed by atoms with E-state index in [9.17, 15) is 0 Å². The number of hydrogen-bond acceptors (Lipinski definition) is 9. The number of benzene rings is 4. The minimum atomic E-state index is -0.0740. The van der Waals surface area contributed by atoms with E-state index in [4.69, 9.17) is 43.3 Å². The van der Waals surface area contributed by atoms with E-state index in [1.807, 2.05) is 65.6 Å². The van der Waals surface area contributed by atoms with E-state index in [1.54, 1.807) is 0 Å². The molecule has 0 spiro atoms. The summed E-state index contributed by atoms with van der Waals surface area (Å²) in [5.41, 5.74) is 1.42. The lowest BCUT2D eigenvalue weighted by Crippen LogP contribution is -2.38. The third-order valence-electron chi connectivity index (χ3n) is 7.87. The second kappa shape index (κ2) is 11.2. The molecule has 0 saturated carbocycles. The van der Waals surface area contributed by atoms with Gasteiger partial charge in [0, 0.05) is 10.8 Å². The maximum atomic E-state index is 8.79. The van der Waals surface area contributed by atoms with Gasteiger partial charge in [-0.15, -0.1) is 0 Å². The Labute approximate surface area is 248 Å². The fourth-order valence-corrected chi connectivity index (χ4v) is 5.17. The number of ether oxygens (including phenoxy) is 8. The third kappa shape index (κ3) is 5.79. The Balaban J connectivity index is 1.28. The first-order valence-electron chi connectivity index (χ1n) is 14.6. The summed E-state index contributed by atoms with van der Waals surface area (Å²) < 4.78 is 46.5. The largest absolute Gasteiger partial charge is 0.491 e. The van der Waals surface area contributed by atoms with Gasteiger partial charge in [-0.25, -0.2) is 0 Å². The highest BCUT2D eigenvalue weighted by molar-refractivity contribution is 6.12. The van der Waals surface area contributed by atoms with Gasteiger partial charge in [0.2, 0.25) is 0 Å². The summed E-state index contributed by atoms with van der Waals surface area (Å²) in [4.78, 5) is 1.84. The smallest absolute Gasteiger partial charge is 0.145 e. The SMILES string of the molecule is N=CN(c1c(OCC2CO2)ccc2ccc(OCC3CO3)cc12)c1c(OC2COC2)ccc2ccc(OCC3CO3)cc12. The van der Waals surface area contributed by atoms with Crippen LogP contribution in [0.15, 0.2) is 60.7 Å². The van der Waals surface area contributed by atoms with E-state index >= 15 is 0 Å². The lowest BCUT2D eigenvalue weighted by molar-refractivity contribution is -0.0793. The number of rotatable bonds is 14. The summed E-state index contributed by atoms with van der Waals surface area (Å²) >= 11 is 0. The molecule has 4 saturated heterocycles. The average Bonchev–Trinajstić information content (AvgIpc) is 3.86. The summed E-state index contributed by atoms with van der Waals surface area (Å²) in [6, 6.07) is 19.9. The monoisotopic (exact) mass is 584 g/mol. The Kier molecular flexibility index (Phi) is 6.91. The van der Waals surface area contributed by atoms with Crippen LogP contribution in [0.5, 0.6) is 23.0 Å². The molecule has 3 unspecified atom stereocenters. The van der Waals surface area contributed by atoms with Gasteiger partial charge in [-0.2, -0.15) is 0 Å². The summed E-state index contributed by atoms with van der Waals surface area (Å²) in [6.07, 6.45) is 1.57. The van der Waals surface area contributed by atoms with Crippen molar-refractivity contribution in [2.75, 3.05) is 57.8 Å². The molecule has 0 amide bonds. The van der Waals surface area contributed by atoms with Crippen LogP contribution in [0.4, 0.5) is 11.4 Å². The number of epoxide rings is 3. The lowest BCUT2D eigenvalue weighted by Gasteiger charge is -2.31. The first kappa shape index (κ1) is 26.5. The van der Waals surface area contributed by atoms with E-state index in [-0.39, 0.29) is 24.4 Å². The molecule has 0 radical (unpaired) electrons. The Morgan fingerprint density at radius 1 is 0.651 bits per heavy atom. The van der Waals surface area contributed by atoms with Crippen LogP contribution in [0.3, 0.4) is 0 Å². The van der Waals surface area contributed by atoms with Gasteiger partial charge < -0.3 is 37.9 Å². The third-order valence-corrected chi connectivity index (χ3v) is 7.87. The predicted octanol–water partition coefficient (Wildman–Crippen LogP) is 4.85. The molecule has 0 aromatic heterocycles. The molecule has 222 valence electrons. The van der Waals surface area contributed by atoms with Gasteiger partial charge in [-0.1, -0.05) is 24.3 Å². The molecule has 0 bridgehead atoms. The van der Waals surface area contributed by atoms with Crippen LogP contribution in [0.25, 0.3) is 21.5 Å². The van der Waals surface area contributed by atoms with E-state index in [1.165, 1.54) is 6.34 Å². The zero-order valence-corrected chi connectivity index (χ0v) is 23.5. The van der Waals surface area contributed by atoms with Crippen molar-refractivity contribution in [1.82, 2.24) is 0 Å². The van der Waals surface area contributed by atoms with Gasteiger partial charge >= 0.3 is 0 Å². The normalized spacial score (nSPS) is 22.1. The van der Waals surface area contributed by atoms with Crippen LogP contribution in [-0.2, 0) is 18.9 Å². The van der Waals surface area contributed by atoms with Gasteiger partial charge in [0.1, 0.15) is 67.2 Å². The lowest BCUT2D eigenvalue weighted by atomic mass is 10.0. The number of nitrogens with zero attached hydrogens (tertiary/aromatic N) is 1. The van der Waals surface area contributed by atoms with Crippen molar-refractivity contribution in [3.63, 3.8) is 0 Å². The molecule has 4 aliphatic rings. The number of fused-ring (bicyclic) bond motifs is 2. The summed E-state index contributed by atoms with van der Waals surface area (Å²) in [5, 5.41) is 12.5. The minimum absolute atomic E-state index is 0.0652. The molecule has 1 N–H and O–H groups in total. The second-order valence-corrected chi connectivity index (χ2v) is 11.2. The zero-order valence-electron chi connectivity index (χ0n) is 23.5. The van der Waals surface area contributed by atoms with Crippen LogP contribution in [0.2, 0.25) is 0 Å². The topological polar surface area (TPSA) is 111 Å². The van der Waals surface area contributed by atoms with Gasteiger partial charge in [0.05, 0.1) is 50.7 Å². The van der Waals surface area contributed by atoms with Gasteiger partial charge in [0.15, 0.2) is 0 Å². The maximum Gasteiger partial charge on any atom is 0.145 e. The highest BCUT2D eigenvalue weighted by atomic mass is 16.6. The van der Waals surface area contributed by atoms with E-state index in [0.717, 1.165) is 46.3 Å². The Morgan fingerprint density at radius 3 is 1.63 bits per heavy atom. The molecule has 8 rings (SSSR count). The molecule has 10 heteroatoms. The fourth-order valence-electron chi connectivity index (χ4n) is 5.17. The minimum Gasteiger partial charge on any atom is -0.491 e. The van der Waals surface area contributed by atoms with Crippen molar-refractivity contribution < 1.29 is 37.9 Å². The molecule has 4 fully saturated rings. The van der Waals surface area contributed by atoms with E-state index < -0.39 is 0 Å². The molecule has 0 aliphatic carbocycles. The standard InChI is InChI=1S/C33H32N2O8/c34-19-35(32-28-9-22(37-13-24-15-39-24)5-1-20(28)3-7-30(32)42-18-26-17-41-26)33-29-10-23(38-14-25-16-40-25)6-2-21(29)4-8-31(33)43-27-11-36-12-27/h1-10,19,24-27,34H,11-18H2. The second-order valence-electron chi connectivity index (χ2n) is 11.2. The quantitative estimate of drug-likeness (QED) is 0.126. The summed E-state index contributed by atoms with van der Waals surface area (Å²) in [5.74, 6) is 2.70. The van der Waals surface area contributed by atoms with E-state index in [2.05, 4.69) is 0 Å². The van der Waals surface area contributed by atoms with Crippen molar-refractivity contribution in [2.45, 2.75) is 24.4 Å². The first-order valence-corrected chi connectivity index (χ1v) is 14.6. The molecule has 4 aromatic carbocycles. The molecule has 4 aliphatic heterocycles. The van der Waals surface area contributed by atoms with Crippen LogP contribution >= 0.6 is 0 Å². The maximum absolute atomic E-state index is 8.79. The van der Waals surface area contributed by atoms with Crippen LogP contribution < -0.4 is 23.8 Å². The van der Waals surface area contributed by atoms with Crippen molar-refractivity contribution in [1.29, 1.82) is 5.41 Å². The summed E-state index contributed by atoms with van der Waals surface area (Å²) in [7, 11) is 0. The Morgan fingerprint density at radius 2 is 1.14 bits per heavy atom. The highest BCUT2D eigenvalue weighted by Crippen LogP contribution is 2.47. The average molecular weight is 585 g/mol. The summed E-state index contributed by atoms with van der Waals surface area (Å²) in [6.45, 7) is 4.54. The van der Waals surface area contributed by atoms with Crippen LogP contribution in [0, 0.1) is 5.41 Å². The van der Waals surface area contributed by atoms with Gasteiger partial charge in [-0.3, -0.25) is 10.3 Å². The van der Waals surface area contributed by atoms with Gasteiger partial charge in [-0.05, 0) is 47.2 Å². The molecule has 10 nitrogen and oxygen atoms in total. The molecular formula is C33H32N2O8. The van der Waals surface area contributed by atoms with Crippen molar-refractivity contribution in [2.24, 2.45) is 0 Å². The number of anilines is 2. The molecular weight excluding hydrogens is 552 g/mol. The molecule has 4 heterocycles. The van der Waals surface area contributed by atoms with Gasteiger partial charge in [0.25, 0.3) is 0 Å². The van der Waals surface area contributed by atoms with Crippen LogP contribution in [0.1, 0.15) is 0 Å². The first-order chi connectivity index (χ1) is 21.2. The fraction of sp³-hybridized carbons (Fsp3) is 0.364. The molecule has 4 aromatic rings. The zero-order chi connectivity index (χ0) is 28.8. The van der Waals surface area contributed by atoms with Crippen molar-refractivity contribution in [3.05, 3.63) is 60.7 Å². The van der Waals surface area contributed by atoms with Crippen molar-refractivity contribution in [3.8, 4) is 23.0 Å². The highest BCUT2D eigenvalue weighted by Gasteiger charge is 2.29. The molecule has 3 atom stereocenters. The Bertz CT molecular complexity index is 1660. The van der Waals surface area contributed by atoms with E-state index in [0.29, 0.717) is 62.5 Å². The number of hydrogen-bond donors (Lipinski definition) is 1. The predicted molar refractivity (Wildman–Crippen MR) is 160 cm³/mol.